The van der Waals surface area contributed by atoms with Crippen LogP contribution in [0.3, 0.4) is 0 Å². The fourth-order valence-corrected chi connectivity index (χ4v) is 3.54. The van der Waals surface area contributed by atoms with Gasteiger partial charge in [-0.1, -0.05) is 12.1 Å². The van der Waals surface area contributed by atoms with E-state index in [9.17, 15) is 18.7 Å². The summed E-state index contributed by atoms with van der Waals surface area (Å²) >= 11 is 0. The van der Waals surface area contributed by atoms with E-state index in [1.165, 1.54) is 6.07 Å². The minimum absolute atomic E-state index is 0.450. The summed E-state index contributed by atoms with van der Waals surface area (Å²) in [6.45, 7) is 6.44. The Balaban J connectivity index is 1.52. The number of aliphatic hydroxyl groups excluding tert-OH is 1. The Morgan fingerprint density at radius 2 is 2.00 bits per heavy atom. The normalized spacial score (nSPS) is 18.1. The lowest BCUT2D eigenvalue weighted by molar-refractivity contribution is 0.0438. The molecular weight excluding hydrogens is 416 g/mol. The predicted octanol–water partition coefficient (Wildman–Crippen LogP) is 3.98. The van der Waals surface area contributed by atoms with Crippen molar-refractivity contribution in [2.75, 3.05) is 13.1 Å². The van der Waals surface area contributed by atoms with Crippen LogP contribution in [0.5, 0.6) is 0 Å². The predicted molar refractivity (Wildman–Crippen MR) is 119 cm³/mol. The monoisotopic (exact) mass is 445 g/mol. The van der Waals surface area contributed by atoms with Gasteiger partial charge in [-0.05, 0) is 74.7 Å². The van der Waals surface area contributed by atoms with Crippen molar-refractivity contribution >= 4 is 18.0 Å². The van der Waals surface area contributed by atoms with Gasteiger partial charge in [0, 0.05) is 19.2 Å². The lowest BCUT2D eigenvalue weighted by atomic mass is 10.1. The number of hydrogen-bond acceptors (Lipinski definition) is 5. The van der Waals surface area contributed by atoms with E-state index in [2.05, 4.69) is 15.6 Å². The maximum atomic E-state index is 13.2. The molecule has 0 heterocycles. The molecule has 2 aromatic carbocycles. The first-order valence-corrected chi connectivity index (χ1v) is 10.6. The highest BCUT2D eigenvalue weighted by Crippen LogP contribution is 2.34. The number of halogens is 2. The van der Waals surface area contributed by atoms with Gasteiger partial charge in [-0.15, -0.1) is 0 Å². The van der Waals surface area contributed by atoms with Crippen LogP contribution in [0.4, 0.5) is 19.3 Å². The van der Waals surface area contributed by atoms with E-state index in [4.69, 9.17) is 4.74 Å². The van der Waals surface area contributed by atoms with Crippen molar-refractivity contribution in [3.8, 4) is 0 Å². The van der Waals surface area contributed by atoms with Crippen LogP contribution in [0.15, 0.2) is 41.4 Å². The van der Waals surface area contributed by atoms with Crippen LogP contribution in [-0.4, -0.2) is 42.2 Å². The lowest BCUT2D eigenvalue weighted by Gasteiger charge is -2.23. The number of rotatable bonds is 7. The molecular formula is C24H29F2N3O3. The summed E-state index contributed by atoms with van der Waals surface area (Å²) in [6, 6.07) is 8.95. The zero-order chi connectivity index (χ0) is 23.3. The van der Waals surface area contributed by atoms with E-state index in [0.717, 1.165) is 17.2 Å². The number of carbonyl (C=O) groups excluding carboxylic acids is 1. The van der Waals surface area contributed by atoms with Gasteiger partial charge in [0.25, 0.3) is 0 Å². The molecule has 1 amide bonds. The highest BCUT2D eigenvalue weighted by atomic mass is 19.2. The van der Waals surface area contributed by atoms with Crippen LogP contribution in [0.2, 0.25) is 0 Å². The average molecular weight is 446 g/mol. The van der Waals surface area contributed by atoms with Gasteiger partial charge in [-0.2, -0.15) is 0 Å². The molecule has 0 aliphatic heterocycles. The third kappa shape index (κ3) is 6.58. The van der Waals surface area contributed by atoms with E-state index in [1.807, 2.05) is 18.2 Å². The summed E-state index contributed by atoms with van der Waals surface area (Å²) in [5.74, 6) is -1.69. The van der Waals surface area contributed by atoms with E-state index in [-0.39, 0.29) is 0 Å². The molecule has 3 rings (SSSR count). The van der Waals surface area contributed by atoms with Crippen LogP contribution in [0.1, 0.15) is 43.5 Å². The second-order valence-corrected chi connectivity index (χ2v) is 8.79. The van der Waals surface area contributed by atoms with E-state index in [0.29, 0.717) is 37.2 Å². The van der Waals surface area contributed by atoms with Crippen molar-refractivity contribution in [1.82, 2.24) is 10.6 Å². The molecule has 0 saturated heterocycles. The molecule has 32 heavy (non-hydrogen) atoms. The Morgan fingerprint density at radius 1 is 1.22 bits per heavy atom. The molecule has 0 saturated carbocycles. The second-order valence-electron chi connectivity index (χ2n) is 8.79. The first-order valence-electron chi connectivity index (χ1n) is 10.6. The van der Waals surface area contributed by atoms with Crippen molar-refractivity contribution in [2.45, 2.75) is 51.4 Å². The first-order chi connectivity index (χ1) is 15.1. The zero-order valence-electron chi connectivity index (χ0n) is 18.5. The van der Waals surface area contributed by atoms with Crippen LogP contribution in [-0.2, 0) is 17.6 Å². The van der Waals surface area contributed by atoms with Crippen molar-refractivity contribution in [2.24, 2.45) is 4.99 Å². The summed E-state index contributed by atoms with van der Waals surface area (Å²) in [7, 11) is 0. The molecule has 2 atom stereocenters. The summed E-state index contributed by atoms with van der Waals surface area (Å²) in [5, 5.41) is 16.3. The van der Waals surface area contributed by atoms with Crippen molar-refractivity contribution in [1.29, 1.82) is 0 Å². The average Bonchev–Trinajstić information content (AvgIpc) is 3.00. The number of benzene rings is 2. The van der Waals surface area contributed by atoms with Crippen LogP contribution < -0.4 is 10.6 Å². The fourth-order valence-electron chi connectivity index (χ4n) is 3.54. The molecule has 0 aromatic heterocycles. The minimum atomic E-state index is -0.848. The zero-order valence-corrected chi connectivity index (χ0v) is 18.5. The molecule has 0 spiro atoms. The van der Waals surface area contributed by atoms with Crippen LogP contribution >= 0.6 is 0 Å². The van der Waals surface area contributed by atoms with E-state index >= 15 is 0 Å². The summed E-state index contributed by atoms with van der Waals surface area (Å²) < 4.78 is 31.5. The topological polar surface area (TPSA) is 83.0 Å². The van der Waals surface area contributed by atoms with Gasteiger partial charge < -0.3 is 20.5 Å². The number of carbonyl (C=O) groups is 1. The van der Waals surface area contributed by atoms with Gasteiger partial charge in [0.1, 0.15) is 5.60 Å². The maximum absolute atomic E-state index is 13.2. The summed E-state index contributed by atoms with van der Waals surface area (Å²) in [6.07, 6.45) is 1.43. The summed E-state index contributed by atoms with van der Waals surface area (Å²) in [5.41, 5.74) is 2.58. The third-order valence-corrected chi connectivity index (χ3v) is 5.00. The van der Waals surface area contributed by atoms with Gasteiger partial charge in [-0.25, -0.2) is 13.6 Å². The number of hydrogen-bond donors (Lipinski definition) is 3. The van der Waals surface area contributed by atoms with Gasteiger partial charge in [-0.3, -0.25) is 4.99 Å². The molecule has 3 N–H and O–H groups in total. The Hall–Kier alpha value is -2.84. The van der Waals surface area contributed by atoms with Crippen molar-refractivity contribution in [3.05, 3.63) is 64.7 Å². The van der Waals surface area contributed by atoms with Crippen molar-refractivity contribution < 1.29 is 23.4 Å². The Kier molecular flexibility index (Phi) is 7.58. The molecule has 8 heteroatoms. The minimum Gasteiger partial charge on any atom is -0.444 e. The largest absolute Gasteiger partial charge is 0.444 e. The SMILES string of the molecule is CC(C)(C)OC(=O)NC1c2cc(N=CCNCCc3ccc(F)c(F)c3)ccc2C[C@H]1O. The molecule has 6 nitrogen and oxygen atoms in total. The fraction of sp³-hybridized carbons (Fsp3) is 0.417. The molecule has 1 unspecified atom stereocenters. The number of nitrogens with one attached hydrogen (secondary N) is 2. The molecule has 172 valence electrons. The van der Waals surface area contributed by atoms with Crippen LogP contribution in [0.25, 0.3) is 0 Å². The number of alkyl carbamates (subject to hydrolysis) is 1. The Bertz CT molecular complexity index is 989. The molecule has 0 fully saturated rings. The number of ether oxygens (including phenoxy) is 1. The standard InChI is InChI=1S/C24H29F2N3O3/c1-24(2,3)32-23(31)29-22-18-14-17(6-5-16(18)13-21(22)30)28-11-10-27-9-8-15-4-7-19(25)20(26)12-15/h4-7,11-12,14,21-22,27,30H,8-10,13H2,1-3H3,(H,29,31)/t21-,22?/m1/s1. The Labute approximate surface area is 186 Å². The van der Waals surface area contributed by atoms with Crippen molar-refractivity contribution in [3.63, 3.8) is 0 Å². The molecule has 1 aliphatic rings. The smallest absolute Gasteiger partial charge is 0.408 e. The third-order valence-electron chi connectivity index (χ3n) is 5.00. The quantitative estimate of drug-likeness (QED) is 0.445. The maximum Gasteiger partial charge on any atom is 0.408 e. The molecule has 0 radical (unpaired) electrons. The highest BCUT2D eigenvalue weighted by Gasteiger charge is 2.33. The van der Waals surface area contributed by atoms with E-state index in [1.54, 1.807) is 33.1 Å². The number of fused-ring (bicyclic) bond motifs is 1. The van der Waals surface area contributed by atoms with Crippen LogP contribution in [0, 0.1) is 11.6 Å². The van der Waals surface area contributed by atoms with E-state index < -0.39 is 35.5 Å². The molecule has 0 bridgehead atoms. The van der Waals surface area contributed by atoms with Gasteiger partial charge in [0.2, 0.25) is 0 Å². The van der Waals surface area contributed by atoms with Gasteiger partial charge >= 0.3 is 6.09 Å². The second kappa shape index (κ2) is 10.2. The summed E-state index contributed by atoms with van der Waals surface area (Å²) in [4.78, 5) is 16.6. The number of nitrogens with zero attached hydrogens (tertiary/aromatic N) is 1. The first kappa shape index (κ1) is 23.8. The lowest BCUT2D eigenvalue weighted by Crippen LogP contribution is -2.38. The number of amides is 1. The molecule has 2 aromatic rings. The van der Waals surface area contributed by atoms with Gasteiger partial charge in [0.05, 0.1) is 17.8 Å². The highest BCUT2D eigenvalue weighted by molar-refractivity contribution is 5.70. The number of aliphatic hydroxyl groups is 1. The molecule has 1 aliphatic carbocycles. The van der Waals surface area contributed by atoms with Gasteiger partial charge in [0.15, 0.2) is 11.6 Å². The Morgan fingerprint density at radius 3 is 2.72 bits per heavy atom. The number of aliphatic imine (C=N–C) groups is 1.